The lowest BCUT2D eigenvalue weighted by molar-refractivity contribution is -0.140. The van der Waals surface area contributed by atoms with Gasteiger partial charge in [-0.1, -0.05) is 30.3 Å². The van der Waals surface area contributed by atoms with E-state index < -0.39 is 11.9 Å². The monoisotopic (exact) mass is 537 g/mol. The summed E-state index contributed by atoms with van der Waals surface area (Å²) in [7, 11) is 1.36. The number of benzene rings is 2. The molecule has 8 nitrogen and oxygen atoms in total. The minimum Gasteiger partial charge on any atom is -0.494 e. The van der Waals surface area contributed by atoms with E-state index in [0.29, 0.717) is 17.5 Å². The van der Waals surface area contributed by atoms with Crippen molar-refractivity contribution < 1.29 is 27.1 Å². The van der Waals surface area contributed by atoms with Gasteiger partial charge in [-0.2, -0.15) is 13.2 Å². The van der Waals surface area contributed by atoms with Crippen LogP contribution in [0.2, 0.25) is 0 Å². The van der Waals surface area contributed by atoms with Gasteiger partial charge < -0.3 is 19.8 Å². The number of carbonyl (C=O) groups is 1. The molecule has 0 unspecified atom stereocenters. The Morgan fingerprint density at radius 3 is 2.54 bits per heavy atom. The van der Waals surface area contributed by atoms with E-state index in [1.807, 2.05) is 23.1 Å². The van der Waals surface area contributed by atoms with Crippen LogP contribution in [0.5, 0.6) is 5.75 Å². The molecular weight excluding hydrogens is 511 g/mol. The lowest BCUT2D eigenvalue weighted by Crippen LogP contribution is -2.48. The van der Waals surface area contributed by atoms with E-state index in [1.165, 1.54) is 24.8 Å². The highest BCUT2D eigenvalue weighted by Gasteiger charge is 2.46. The number of likely N-dealkylation sites (tertiary alicyclic amines) is 2. The number of nitrogens with zero attached hydrogens (tertiary/aromatic N) is 4. The van der Waals surface area contributed by atoms with Gasteiger partial charge in [0.1, 0.15) is 17.0 Å². The van der Waals surface area contributed by atoms with Crippen LogP contribution in [0.15, 0.2) is 59.0 Å². The van der Waals surface area contributed by atoms with Gasteiger partial charge in [-0.25, -0.2) is 9.97 Å². The third kappa shape index (κ3) is 4.51. The van der Waals surface area contributed by atoms with E-state index >= 15 is 0 Å². The first kappa shape index (κ1) is 25.3. The normalized spacial score (nSPS) is 19.3. The number of halogens is 3. The van der Waals surface area contributed by atoms with Gasteiger partial charge in [0.15, 0.2) is 11.5 Å². The second kappa shape index (κ2) is 9.65. The second-order valence-corrected chi connectivity index (χ2v) is 9.82. The highest BCUT2D eigenvalue weighted by molar-refractivity contribution is 5.98. The molecule has 2 fully saturated rings. The fourth-order valence-corrected chi connectivity index (χ4v) is 5.62. The van der Waals surface area contributed by atoms with Crippen molar-refractivity contribution in [2.45, 2.75) is 37.8 Å². The Hall–Kier alpha value is -3.96. The molecule has 2 N–H and O–H groups in total. The molecule has 2 aliphatic heterocycles. The zero-order valence-corrected chi connectivity index (χ0v) is 21.1. The Morgan fingerprint density at radius 2 is 1.87 bits per heavy atom. The van der Waals surface area contributed by atoms with Crippen molar-refractivity contribution in [3.05, 3.63) is 77.3 Å². The molecule has 39 heavy (non-hydrogen) atoms. The summed E-state index contributed by atoms with van der Waals surface area (Å²) in [5.74, 6) is 0.230. The summed E-state index contributed by atoms with van der Waals surface area (Å²) in [6, 6.07) is 15.9. The van der Waals surface area contributed by atoms with Gasteiger partial charge in [0, 0.05) is 42.7 Å². The highest BCUT2D eigenvalue weighted by atomic mass is 19.4. The van der Waals surface area contributed by atoms with Crippen LogP contribution in [0, 0.1) is 0 Å². The molecule has 1 amide bonds. The van der Waals surface area contributed by atoms with Crippen LogP contribution in [-0.2, 0) is 19.3 Å². The molecule has 2 atom stereocenters. The van der Waals surface area contributed by atoms with Crippen LogP contribution in [-0.4, -0.2) is 58.0 Å². The number of carbonyl (C=O) groups excluding carboxylic acids is 1. The molecule has 6 rings (SSSR count). The van der Waals surface area contributed by atoms with Crippen LogP contribution in [0.1, 0.15) is 33.9 Å². The van der Waals surface area contributed by atoms with Crippen molar-refractivity contribution in [1.82, 2.24) is 19.8 Å². The van der Waals surface area contributed by atoms with E-state index in [9.17, 15) is 18.0 Å². The summed E-state index contributed by atoms with van der Waals surface area (Å²) in [6.45, 7) is 2.13. The minimum absolute atomic E-state index is 0.0144. The first-order valence-electron chi connectivity index (χ1n) is 12.6. The largest absolute Gasteiger partial charge is 0.494 e. The SMILES string of the molecule is COc1ccc(-c2nc(C(=O)N3C[C@@H]4C[C@H]3CN4Cc3ccccc3)c(CN)o2)c2ccc(C(F)(F)F)nc12. The van der Waals surface area contributed by atoms with Crippen LogP contribution >= 0.6 is 0 Å². The lowest BCUT2D eigenvalue weighted by atomic mass is 10.1. The zero-order valence-electron chi connectivity index (χ0n) is 21.1. The number of hydrogen-bond donors (Lipinski definition) is 1. The predicted molar refractivity (Wildman–Crippen MR) is 137 cm³/mol. The van der Waals surface area contributed by atoms with E-state index in [1.54, 1.807) is 6.07 Å². The Bertz CT molecular complexity index is 1540. The number of rotatable bonds is 6. The van der Waals surface area contributed by atoms with Crippen molar-refractivity contribution in [2.75, 3.05) is 20.2 Å². The second-order valence-electron chi connectivity index (χ2n) is 9.82. The molecule has 0 aliphatic carbocycles. The Labute approximate surface area is 222 Å². The van der Waals surface area contributed by atoms with E-state index in [-0.39, 0.29) is 53.1 Å². The number of alkyl halides is 3. The Kier molecular flexibility index (Phi) is 6.27. The molecule has 2 aromatic carbocycles. The summed E-state index contributed by atoms with van der Waals surface area (Å²) in [4.78, 5) is 26.1. The molecule has 2 saturated heterocycles. The molecule has 0 radical (unpaired) electrons. The summed E-state index contributed by atoms with van der Waals surface area (Å²) in [5, 5.41) is 0.350. The average molecular weight is 538 g/mol. The first-order chi connectivity index (χ1) is 18.8. The smallest absolute Gasteiger partial charge is 0.433 e. The van der Waals surface area contributed by atoms with Gasteiger partial charge in [0.05, 0.1) is 13.7 Å². The molecule has 4 heterocycles. The first-order valence-corrected chi connectivity index (χ1v) is 12.6. The maximum Gasteiger partial charge on any atom is 0.433 e. The number of nitrogens with two attached hydrogens (primary N) is 1. The van der Waals surface area contributed by atoms with Crippen molar-refractivity contribution in [1.29, 1.82) is 0 Å². The van der Waals surface area contributed by atoms with Crippen LogP contribution < -0.4 is 10.5 Å². The van der Waals surface area contributed by atoms with Crippen molar-refractivity contribution >= 4 is 16.8 Å². The highest BCUT2D eigenvalue weighted by Crippen LogP contribution is 2.38. The average Bonchev–Trinajstić information content (AvgIpc) is 3.66. The van der Waals surface area contributed by atoms with Crippen molar-refractivity contribution in [3.63, 3.8) is 0 Å². The van der Waals surface area contributed by atoms with Gasteiger partial charge in [-0.3, -0.25) is 9.69 Å². The van der Waals surface area contributed by atoms with Gasteiger partial charge in [-0.15, -0.1) is 0 Å². The molecular formula is C28H26F3N5O3. The quantitative estimate of drug-likeness (QED) is 0.388. The van der Waals surface area contributed by atoms with Crippen molar-refractivity contribution in [3.8, 4) is 17.2 Å². The number of pyridine rings is 1. The number of methoxy groups -OCH3 is 1. The number of amides is 1. The summed E-state index contributed by atoms with van der Waals surface area (Å²) >= 11 is 0. The molecule has 2 aliphatic rings. The maximum atomic E-state index is 13.6. The topological polar surface area (TPSA) is 97.7 Å². The number of piperazine rings is 1. The fourth-order valence-electron chi connectivity index (χ4n) is 5.62. The summed E-state index contributed by atoms with van der Waals surface area (Å²) in [6.07, 6.45) is -3.73. The standard InChI is InChI=1S/C28H26F3N5O3/c1-38-21-9-7-20(19-8-10-23(28(29,30)31)33-24(19)21)26-34-25(22(12-32)39-26)27(37)36-15-17-11-18(36)14-35(17)13-16-5-3-2-4-6-16/h2-10,17-18H,11-15,32H2,1H3/t17-,18-/m0/s1. The van der Waals surface area contributed by atoms with Crippen LogP contribution in [0.25, 0.3) is 22.4 Å². The Balaban J connectivity index is 1.28. The lowest BCUT2D eigenvalue weighted by Gasteiger charge is -2.34. The third-order valence-electron chi connectivity index (χ3n) is 7.49. The minimum atomic E-state index is -4.61. The Morgan fingerprint density at radius 1 is 1.08 bits per heavy atom. The molecule has 202 valence electrons. The molecule has 11 heteroatoms. The van der Waals surface area contributed by atoms with Gasteiger partial charge >= 0.3 is 6.18 Å². The number of ether oxygens (including phenoxy) is 1. The van der Waals surface area contributed by atoms with E-state index in [4.69, 9.17) is 14.9 Å². The third-order valence-corrected chi connectivity index (χ3v) is 7.49. The van der Waals surface area contributed by atoms with E-state index in [2.05, 4.69) is 27.0 Å². The number of aromatic nitrogens is 2. The van der Waals surface area contributed by atoms with Gasteiger partial charge in [-0.05, 0) is 36.2 Å². The molecule has 0 spiro atoms. The zero-order chi connectivity index (χ0) is 27.3. The maximum absolute atomic E-state index is 13.6. The molecule has 0 saturated carbocycles. The number of oxazole rings is 1. The molecule has 4 aromatic rings. The summed E-state index contributed by atoms with van der Waals surface area (Å²) in [5.41, 5.74) is 6.64. The van der Waals surface area contributed by atoms with Crippen molar-refractivity contribution in [2.24, 2.45) is 5.73 Å². The summed E-state index contributed by atoms with van der Waals surface area (Å²) < 4.78 is 51.1. The van der Waals surface area contributed by atoms with Crippen LogP contribution in [0.4, 0.5) is 13.2 Å². The molecule has 2 aromatic heterocycles. The van der Waals surface area contributed by atoms with Crippen LogP contribution in [0.3, 0.4) is 0 Å². The molecule has 2 bridgehead atoms. The van der Waals surface area contributed by atoms with E-state index in [0.717, 1.165) is 25.6 Å². The predicted octanol–water partition coefficient (Wildman–Crippen LogP) is 4.47. The number of fused-ring (bicyclic) bond motifs is 3. The van der Waals surface area contributed by atoms with Gasteiger partial charge in [0.2, 0.25) is 5.89 Å². The fraction of sp³-hybridized carbons (Fsp3) is 0.321. The van der Waals surface area contributed by atoms with Gasteiger partial charge in [0.25, 0.3) is 5.91 Å². The number of hydrogen-bond acceptors (Lipinski definition) is 7.